The van der Waals surface area contributed by atoms with E-state index in [0.717, 1.165) is 0 Å². The van der Waals surface area contributed by atoms with Crippen LogP contribution in [0.2, 0.25) is 0 Å². The second kappa shape index (κ2) is 7.07. The molecule has 1 aromatic heterocycles. The van der Waals surface area contributed by atoms with Crippen LogP contribution in [0.1, 0.15) is 16.1 Å². The molecule has 2 aromatic rings. The van der Waals surface area contributed by atoms with Crippen molar-refractivity contribution < 1.29 is 19.4 Å². The molecule has 0 atom stereocenters. The highest BCUT2D eigenvalue weighted by Gasteiger charge is 2.10. The van der Waals surface area contributed by atoms with Crippen molar-refractivity contribution in [1.82, 2.24) is 10.4 Å². The number of rotatable bonds is 5. The van der Waals surface area contributed by atoms with Gasteiger partial charge in [0.2, 0.25) is 5.75 Å². The molecular formula is C15H15N3O4. The molecule has 2 N–H and O–H groups in total. The fourth-order valence-electron chi connectivity index (χ4n) is 1.71. The topological polar surface area (TPSA) is 93.0 Å². The van der Waals surface area contributed by atoms with E-state index in [4.69, 9.17) is 9.47 Å². The van der Waals surface area contributed by atoms with Crippen LogP contribution < -0.4 is 14.9 Å². The molecule has 7 nitrogen and oxygen atoms in total. The molecule has 0 spiro atoms. The molecule has 1 heterocycles. The summed E-state index contributed by atoms with van der Waals surface area (Å²) in [5, 5.41) is 13.6. The Morgan fingerprint density at radius 2 is 1.95 bits per heavy atom. The number of hydrazone groups is 1. The zero-order valence-electron chi connectivity index (χ0n) is 12.1. The van der Waals surface area contributed by atoms with Crippen LogP contribution in [0, 0.1) is 0 Å². The smallest absolute Gasteiger partial charge is 0.289 e. The first-order valence-corrected chi connectivity index (χ1v) is 6.35. The van der Waals surface area contributed by atoms with Gasteiger partial charge in [0.05, 0.1) is 20.4 Å². The molecule has 1 aromatic carbocycles. The second-order valence-electron chi connectivity index (χ2n) is 4.19. The molecule has 114 valence electrons. The van der Waals surface area contributed by atoms with Crippen molar-refractivity contribution in [3.8, 4) is 17.2 Å². The quantitative estimate of drug-likeness (QED) is 0.646. The Kier molecular flexibility index (Phi) is 4.92. The standard InChI is InChI=1S/C15H15N3O4/c1-21-12-7-10(8-13(22-2)14(12)19)9-17-18-15(20)11-5-3-4-6-16-11/h3-9,19H,1-2H3,(H,18,20)/b17-9-. The summed E-state index contributed by atoms with van der Waals surface area (Å²) in [5.74, 6) is -0.0251. The molecule has 0 aliphatic carbocycles. The van der Waals surface area contributed by atoms with Gasteiger partial charge in [-0.05, 0) is 24.3 Å². The van der Waals surface area contributed by atoms with Gasteiger partial charge in [-0.2, -0.15) is 5.10 Å². The predicted molar refractivity (Wildman–Crippen MR) is 80.5 cm³/mol. The van der Waals surface area contributed by atoms with Crippen molar-refractivity contribution in [2.75, 3.05) is 14.2 Å². The van der Waals surface area contributed by atoms with Gasteiger partial charge in [0.1, 0.15) is 5.69 Å². The largest absolute Gasteiger partial charge is 0.502 e. The zero-order valence-corrected chi connectivity index (χ0v) is 12.1. The number of benzene rings is 1. The zero-order chi connectivity index (χ0) is 15.9. The van der Waals surface area contributed by atoms with Gasteiger partial charge < -0.3 is 14.6 Å². The number of carbonyl (C=O) groups excluding carboxylic acids is 1. The predicted octanol–water partition coefficient (Wildman–Crippen LogP) is 1.57. The fourth-order valence-corrected chi connectivity index (χ4v) is 1.71. The van der Waals surface area contributed by atoms with Gasteiger partial charge in [0, 0.05) is 11.8 Å². The van der Waals surface area contributed by atoms with Crippen LogP contribution in [0.15, 0.2) is 41.6 Å². The average molecular weight is 301 g/mol. The van der Waals surface area contributed by atoms with Crippen LogP contribution in [-0.4, -0.2) is 36.4 Å². The van der Waals surface area contributed by atoms with E-state index in [0.29, 0.717) is 5.56 Å². The Morgan fingerprint density at radius 3 is 2.50 bits per heavy atom. The van der Waals surface area contributed by atoms with Crippen molar-refractivity contribution in [1.29, 1.82) is 0 Å². The van der Waals surface area contributed by atoms with Crippen molar-refractivity contribution >= 4 is 12.1 Å². The Morgan fingerprint density at radius 1 is 1.27 bits per heavy atom. The number of phenols is 1. The van der Waals surface area contributed by atoms with E-state index < -0.39 is 5.91 Å². The van der Waals surface area contributed by atoms with Crippen LogP contribution in [-0.2, 0) is 0 Å². The van der Waals surface area contributed by atoms with Gasteiger partial charge in [-0.3, -0.25) is 9.78 Å². The summed E-state index contributed by atoms with van der Waals surface area (Å²) in [5.41, 5.74) is 3.22. The first-order chi connectivity index (χ1) is 10.7. The number of methoxy groups -OCH3 is 2. The lowest BCUT2D eigenvalue weighted by Crippen LogP contribution is -2.18. The SMILES string of the molecule is COc1cc(/C=N\NC(=O)c2ccccn2)cc(OC)c1O. The van der Waals surface area contributed by atoms with Crippen LogP contribution in [0.3, 0.4) is 0 Å². The van der Waals surface area contributed by atoms with Gasteiger partial charge in [-0.1, -0.05) is 6.07 Å². The highest BCUT2D eigenvalue weighted by Crippen LogP contribution is 2.36. The number of pyridine rings is 1. The van der Waals surface area contributed by atoms with Crippen LogP contribution in [0.25, 0.3) is 0 Å². The number of hydrogen-bond donors (Lipinski definition) is 2. The van der Waals surface area contributed by atoms with Crippen LogP contribution in [0.5, 0.6) is 17.2 Å². The first kappa shape index (κ1) is 15.3. The highest BCUT2D eigenvalue weighted by atomic mass is 16.5. The molecule has 22 heavy (non-hydrogen) atoms. The molecule has 0 fully saturated rings. The normalized spacial score (nSPS) is 10.5. The van der Waals surface area contributed by atoms with Crippen molar-refractivity contribution in [3.05, 3.63) is 47.8 Å². The summed E-state index contributed by atoms with van der Waals surface area (Å²) < 4.78 is 10.1. The maximum absolute atomic E-state index is 11.8. The Balaban J connectivity index is 2.12. The van der Waals surface area contributed by atoms with Crippen LogP contribution >= 0.6 is 0 Å². The Labute approximate surface area is 127 Å². The van der Waals surface area contributed by atoms with E-state index in [1.54, 1.807) is 30.3 Å². The van der Waals surface area contributed by atoms with E-state index in [-0.39, 0.29) is 22.9 Å². The third-order valence-corrected chi connectivity index (χ3v) is 2.78. The van der Waals surface area contributed by atoms with Crippen molar-refractivity contribution in [2.45, 2.75) is 0 Å². The number of nitrogens with zero attached hydrogens (tertiary/aromatic N) is 2. The summed E-state index contributed by atoms with van der Waals surface area (Å²) in [4.78, 5) is 15.7. The molecular weight excluding hydrogens is 286 g/mol. The lowest BCUT2D eigenvalue weighted by Gasteiger charge is -2.09. The molecule has 0 aliphatic heterocycles. The summed E-state index contributed by atoms with van der Waals surface area (Å²) in [6, 6.07) is 8.14. The van der Waals surface area contributed by atoms with Crippen molar-refractivity contribution in [2.24, 2.45) is 5.10 Å². The fraction of sp³-hybridized carbons (Fsp3) is 0.133. The molecule has 0 saturated carbocycles. The third-order valence-electron chi connectivity index (χ3n) is 2.78. The molecule has 0 radical (unpaired) electrons. The third kappa shape index (κ3) is 3.51. The van der Waals surface area contributed by atoms with E-state index in [9.17, 15) is 9.90 Å². The van der Waals surface area contributed by atoms with Gasteiger partial charge >= 0.3 is 0 Å². The molecule has 1 amide bonds. The first-order valence-electron chi connectivity index (χ1n) is 6.35. The molecule has 0 unspecified atom stereocenters. The van der Waals surface area contributed by atoms with Crippen molar-refractivity contribution in [3.63, 3.8) is 0 Å². The second-order valence-corrected chi connectivity index (χ2v) is 4.19. The number of nitrogens with one attached hydrogen (secondary N) is 1. The molecule has 0 saturated heterocycles. The monoisotopic (exact) mass is 301 g/mol. The van der Waals surface area contributed by atoms with Crippen LogP contribution in [0.4, 0.5) is 0 Å². The molecule has 0 aliphatic rings. The van der Waals surface area contributed by atoms with Gasteiger partial charge in [-0.15, -0.1) is 0 Å². The number of ether oxygens (including phenoxy) is 2. The Bertz CT molecular complexity index is 661. The minimum absolute atomic E-state index is 0.0975. The number of amides is 1. The maximum atomic E-state index is 11.8. The summed E-state index contributed by atoms with van der Waals surface area (Å²) in [6.07, 6.45) is 2.93. The lowest BCUT2D eigenvalue weighted by atomic mass is 10.2. The number of aromatic hydroxyl groups is 1. The minimum atomic E-state index is -0.422. The maximum Gasteiger partial charge on any atom is 0.289 e. The minimum Gasteiger partial charge on any atom is -0.502 e. The highest BCUT2D eigenvalue weighted by molar-refractivity contribution is 5.93. The summed E-state index contributed by atoms with van der Waals surface area (Å²) in [7, 11) is 2.86. The van der Waals surface area contributed by atoms with E-state index >= 15 is 0 Å². The van der Waals surface area contributed by atoms with Gasteiger partial charge in [-0.25, -0.2) is 5.43 Å². The number of aromatic nitrogens is 1. The average Bonchev–Trinajstić information content (AvgIpc) is 2.56. The number of hydrogen-bond acceptors (Lipinski definition) is 6. The van der Waals surface area contributed by atoms with Gasteiger partial charge in [0.15, 0.2) is 11.5 Å². The molecule has 0 bridgehead atoms. The summed E-state index contributed by atoms with van der Waals surface area (Å²) >= 11 is 0. The number of phenolic OH excluding ortho intramolecular Hbond substituents is 1. The molecule has 2 rings (SSSR count). The van der Waals surface area contributed by atoms with Gasteiger partial charge in [0.25, 0.3) is 5.91 Å². The number of carbonyl (C=O) groups is 1. The summed E-state index contributed by atoms with van der Waals surface area (Å²) in [6.45, 7) is 0. The lowest BCUT2D eigenvalue weighted by molar-refractivity contribution is 0.0950. The molecule has 7 heteroatoms. The van der Waals surface area contributed by atoms with E-state index in [1.807, 2.05) is 0 Å². The Hall–Kier alpha value is -3.09. The van der Waals surface area contributed by atoms with E-state index in [2.05, 4.69) is 15.5 Å². The van der Waals surface area contributed by atoms with E-state index in [1.165, 1.54) is 26.6 Å².